The van der Waals surface area contributed by atoms with Crippen LogP contribution in [0.2, 0.25) is 5.02 Å². The number of rotatable bonds is 7. The van der Waals surface area contributed by atoms with E-state index < -0.39 is 0 Å². The molecule has 0 bridgehead atoms. The fourth-order valence-corrected chi connectivity index (χ4v) is 5.63. The SMILES string of the molecule is CN1CCC(n2cc(-c3ccnc(Nc4ccc(CN5CCN(C)CC5)cc4)n3)c(-c3ccc(Cl)cc3)n2)CC1. The zero-order valence-corrected chi connectivity index (χ0v) is 24.1. The number of nitrogens with zero attached hydrogens (tertiary/aromatic N) is 7. The molecule has 0 saturated carbocycles. The van der Waals surface area contributed by atoms with Crippen molar-refractivity contribution in [2.75, 3.05) is 58.7 Å². The van der Waals surface area contributed by atoms with Gasteiger partial charge in [0.1, 0.15) is 5.69 Å². The molecule has 0 spiro atoms. The minimum atomic E-state index is 0.375. The minimum absolute atomic E-state index is 0.375. The number of nitrogens with one attached hydrogen (secondary N) is 1. The maximum atomic E-state index is 6.19. The first-order valence-corrected chi connectivity index (χ1v) is 14.5. The van der Waals surface area contributed by atoms with Crippen molar-refractivity contribution in [1.29, 1.82) is 0 Å². The molecule has 2 aliphatic heterocycles. The Morgan fingerprint density at radius 3 is 2.27 bits per heavy atom. The molecule has 8 nitrogen and oxygen atoms in total. The number of halogens is 1. The van der Waals surface area contributed by atoms with Crippen LogP contribution in [-0.2, 0) is 6.54 Å². The van der Waals surface area contributed by atoms with Gasteiger partial charge in [0.2, 0.25) is 5.95 Å². The molecule has 6 rings (SSSR count). The third-order valence-electron chi connectivity index (χ3n) is 8.06. The predicted octanol–water partition coefficient (Wildman–Crippen LogP) is 5.42. The minimum Gasteiger partial charge on any atom is -0.324 e. The van der Waals surface area contributed by atoms with Gasteiger partial charge in [0.25, 0.3) is 0 Å². The van der Waals surface area contributed by atoms with Crippen LogP contribution >= 0.6 is 11.6 Å². The fourth-order valence-electron chi connectivity index (χ4n) is 5.50. The Hall–Kier alpha value is -3.30. The normalized spacial score (nSPS) is 17.8. The molecule has 2 fully saturated rings. The molecule has 2 saturated heterocycles. The second-order valence-corrected chi connectivity index (χ2v) is 11.5. The second kappa shape index (κ2) is 12.1. The number of likely N-dealkylation sites (N-methyl/N-ethyl adjacent to an activating group) is 1. The highest BCUT2D eigenvalue weighted by Gasteiger charge is 2.23. The number of likely N-dealkylation sites (tertiary alicyclic amines) is 1. The maximum Gasteiger partial charge on any atom is 0.227 e. The highest BCUT2D eigenvalue weighted by atomic mass is 35.5. The molecule has 208 valence electrons. The molecular formula is C31H37ClN8. The van der Waals surface area contributed by atoms with E-state index in [1.54, 1.807) is 0 Å². The summed E-state index contributed by atoms with van der Waals surface area (Å²) >= 11 is 6.19. The van der Waals surface area contributed by atoms with Gasteiger partial charge < -0.3 is 15.1 Å². The molecule has 4 aromatic rings. The topological polar surface area (TPSA) is 65.4 Å². The number of hydrogen-bond donors (Lipinski definition) is 1. The van der Waals surface area contributed by atoms with Gasteiger partial charge in [-0.1, -0.05) is 35.9 Å². The summed E-state index contributed by atoms with van der Waals surface area (Å²) in [6.45, 7) is 7.62. The third-order valence-corrected chi connectivity index (χ3v) is 8.31. The third kappa shape index (κ3) is 6.36. The zero-order chi connectivity index (χ0) is 27.5. The number of benzene rings is 2. The van der Waals surface area contributed by atoms with Crippen LogP contribution in [0.1, 0.15) is 24.4 Å². The lowest BCUT2D eigenvalue weighted by Gasteiger charge is -2.32. The Kier molecular flexibility index (Phi) is 8.11. The molecule has 2 aromatic carbocycles. The Labute approximate surface area is 241 Å². The summed E-state index contributed by atoms with van der Waals surface area (Å²) in [5.74, 6) is 0.568. The predicted molar refractivity (Wildman–Crippen MR) is 162 cm³/mol. The standard InChI is InChI=1S/C31H37ClN8/c1-37-15-12-27(13-16-37)40-22-28(30(36-40)24-5-7-25(32)8-6-24)29-11-14-33-31(35-29)34-26-9-3-23(4-10-26)21-39-19-17-38(2)18-20-39/h3-11,14,22,27H,12-13,15-21H2,1-2H3,(H,33,34,35). The van der Waals surface area contributed by atoms with Crippen molar-refractivity contribution < 1.29 is 0 Å². The number of piperazine rings is 1. The first-order chi connectivity index (χ1) is 19.5. The van der Waals surface area contributed by atoms with Gasteiger partial charge in [0.05, 0.1) is 11.7 Å². The van der Waals surface area contributed by atoms with E-state index in [4.69, 9.17) is 21.7 Å². The Morgan fingerprint density at radius 2 is 1.55 bits per heavy atom. The van der Waals surface area contributed by atoms with Crippen LogP contribution in [0.4, 0.5) is 11.6 Å². The van der Waals surface area contributed by atoms with Gasteiger partial charge >= 0.3 is 0 Å². The summed E-state index contributed by atoms with van der Waals surface area (Å²) in [6.07, 6.45) is 6.13. The van der Waals surface area contributed by atoms with Gasteiger partial charge in [0, 0.05) is 67.0 Å². The van der Waals surface area contributed by atoms with Gasteiger partial charge in [-0.15, -0.1) is 0 Å². The van der Waals surface area contributed by atoms with E-state index in [0.717, 1.165) is 86.9 Å². The Bertz CT molecular complexity index is 1400. The van der Waals surface area contributed by atoms with E-state index in [-0.39, 0.29) is 0 Å². The van der Waals surface area contributed by atoms with Crippen LogP contribution in [0.15, 0.2) is 67.0 Å². The summed E-state index contributed by atoms with van der Waals surface area (Å²) < 4.78 is 2.14. The van der Waals surface area contributed by atoms with E-state index in [0.29, 0.717) is 17.0 Å². The monoisotopic (exact) mass is 556 g/mol. The molecule has 0 amide bonds. The van der Waals surface area contributed by atoms with Gasteiger partial charge in [-0.2, -0.15) is 5.10 Å². The second-order valence-electron chi connectivity index (χ2n) is 11.1. The lowest BCUT2D eigenvalue weighted by atomic mass is 10.1. The summed E-state index contributed by atoms with van der Waals surface area (Å²) in [6, 6.07) is 18.8. The summed E-state index contributed by atoms with van der Waals surface area (Å²) in [5, 5.41) is 9.19. The summed E-state index contributed by atoms with van der Waals surface area (Å²) in [7, 11) is 4.37. The molecule has 2 aromatic heterocycles. The Morgan fingerprint density at radius 1 is 0.850 bits per heavy atom. The van der Waals surface area contributed by atoms with Crippen molar-refractivity contribution in [2.24, 2.45) is 0 Å². The molecule has 2 aliphatic rings. The van der Waals surface area contributed by atoms with Crippen molar-refractivity contribution in [3.8, 4) is 22.5 Å². The van der Waals surface area contributed by atoms with Crippen LogP contribution < -0.4 is 5.32 Å². The van der Waals surface area contributed by atoms with Crippen molar-refractivity contribution in [3.05, 3.63) is 77.6 Å². The fraction of sp³-hybridized carbons (Fsp3) is 0.387. The number of hydrogen-bond acceptors (Lipinski definition) is 7. The molecule has 40 heavy (non-hydrogen) atoms. The van der Waals surface area contributed by atoms with Gasteiger partial charge in [-0.3, -0.25) is 9.58 Å². The Balaban J connectivity index is 1.22. The quantitative estimate of drug-likeness (QED) is 0.326. The number of anilines is 2. The van der Waals surface area contributed by atoms with Gasteiger partial charge in [-0.05, 0) is 75.9 Å². The zero-order valence-electron chi connectivity index (χ0n) is 23.3. The molecule has 0 radical (unpaired) electrons. The molecule has 0 atom stereocenters. The molecule has 4 heterocycles. The summed E-state index contributed by atoms with van der Waals surface area (Å²) in [5.41, 5.74) is 6.06. The average Bonchev–Trinajstić information content (AvgIpc) is 3.42. The van der Waals surface area contributed by atoms with Crippen LogP contribution in [0, 0.1) is 0 Å². The van der Waals surface area contributed by atoms with E-state index >= 15 is 0 Å². The first-order valence-electron chi connectivity index (χ1n) is 14.1. The van der Waals surface area contributed by atoms with E-state index in [2.05, 4.69) is 74.2 Å². The van der Waals surface area contributed by atoms with Crippen molar-refractivity contribution in [1.82, 2.24) is 34.4 Å². The number of aromatic nitrogens is 4. The van der Waals surface area contributed by atoms with Crippen LogP contribution in [0.25, 0.3) is 22.5 Å². The first kappa shape index (κ1) is 26.9. The molecule has 1 N–H and O–H groups in total. The number of piperidine rings is 1. The molecular weight excluding hydrogens is 520 g/mol. The van der Waals surface area contributed by atoms with E-state index in [1.165, 1.54) is 5.56 Å². The molecule has 0 unspecified atom stereocenters. The maximum absolute atomic E-state index is 6.19. The lowest BCUT2D eigenvalue weighted by molar-refractivity contribution is 0.148. The highest BCUT2D eigenvalue weighted by Crippen LogP contribution is 2.34. The smallest absolute Gasteiger partial charge is 0.227 e. The highest BCUT2D eigenvalue weighted by molar-refractivity contribution is 6.30. The van der Waals surface area contributed by atoms with E-state index in [9.17, 15) is 0 Å². The van der Waals surface area contributed by atoms with Crippen LogP contribution in [0.3, 0.4) is 0 Å². The van der Waals surface area contributed by atoms with Gasteiger partial charge in [-0.25, -0.2) is 9.97 Å². The van der Waals surface area contributed by atoms with Gasteiger partial charge in [0.15, 0.2) is 0 Å². The molecule has 0 aliphatic carbocycles. The van der Waals surface area contributed by atoms with Crippen molar-refractivity contribution >= 4 is 23.2 Å². The largest absolute Gasteiger partial charge is 0.324 e. The lowest BCUT2D eigenvalue weighted by Crippen LogP contribution is -2.43. The van der Waals surface area contributed by atoms with Crippen LogP contribution in [0.5, 0.6) is 0 Å². The van der Waals surface area contributed by atoms with E-state index in [1.807, 2.05) is 36.5 Å². The van der Waals surface area contributed by atoms with Crippen molar-refractivity contribution in [2.45, 2.75) is 25.4 Å². The summed E-state index contributed by atoms with van der Waals surface area (Å²) in [4.78, 5) is 16.7. The average molecular weight is 557 g/mol. The molecule has 9 heteroatoms. The van der Waals surface area contributed by atoms with Crippen molar-refractivity contribution in [3.63, 3.8) is 0 Å². The van der Waals surface area contributed by atoms with Crippen LogP contribution in [-0.4, -0.2) is 87.8 Å².